The molecule has 0 aliphatic rings. The van der Waals surface area contributed by atoms with Gasteiger partial charge in [-0.05, 0) is 55.3 Å². The van der Waals surface area contributed by atoms with E-state index in [1.54, 1.807) is 12.1 Å². The molecule has 5 heteroatoms. The molecule has 2 N–H and O–H groups in total. The van der Waals surface area contributed by atoms with E-state index < -0.39 is 0 Å². The van der Waals surface area contributed by atoms with Crippen LogP contribution in [0.2, 0.25) is 10.0 Å². The summed E-state index contributed by atoms with van der Waals surface area (Å²) in [5, 5.41) is 7.30. The van der Waals surface area contributed by atoms with Crippen LogP contribution in [0, 0.1) is 13.8 Å². The van der Waals surface area contributed by atoms with E-state index in [-0.39, 0.29) is 5.91 Å². The Hall–Kier alpha value is -1.71. The van der Waals surface area contributed by atoms with Gasteiger partial charge in [0, 0.05) is 23.7 Å². The maximum Gasteiger partial charge on any atom is 0.226 e. The van der Waals surface area contributed by atoms with Crippen LogP contribution in [-0.4, -0.2) is 12.5 Å². The van der Waals surface area contributed by atoms with Crippen LogP contribution < -0.4 is 10.6 Å². The first-order valence-corrected chi connectivity index (χ1v) is 7.77. The number of carbonyl (C=O) groups is 1. The number of aryl methyl sites for hydroxylation is 2. The van der Waals surface area contributed by atoms with Crippen LogP contribution >= 0.6 is 23.2 Å². The highest BCUT2D eigenvalue weighted by Crippen LogP contribution is 2.27. The largest absolute Gasteiger partial charge is 0.385 e. The van der Waals surface area contributed by atoms with Crippen molar-refractivity contribution < 1.29 is 4.79 Å². The molecule has 0 heterocycles. The van der Waals surface area contributed by atoms with Crippen molar-refractivity contribution in [3.8, 4) is 0 Å². The zero-order valence-corrected chi connectivity index (χ0v) is 14.1. The molecule has 0 fully saturated rings. The summed E-state index contributed by atoms with van der Waals surface area (Å²) in [5.74, 6) is -0.0738. The van der Waals surface area contributed by atoms with Gasteiger partial charge >= 0.3 is 0 Å². The molecule has 2 aromatic carbocycles. The van der Waals surface area contributed by atoms with Crippen LogP contribution in [0.4, 0.5) is 11.4 Å². The molecule has 0 aliphatic carbocycles. The molecule has 0 radical (unpaired) electrons. The number of benzene rings is 2. The molecule has 0 bridgehead atoms. The minimum absolute atomic E-state index is 0.0738. The smallest absolute Gasteiger partial charge is 0.226 e. The molecular weight excluding hydrogens is 319 g/mol. The summed E-state index contributed by atoms with van der Waals surface area (Å²) in [5.41, 5.74) is 3.65. The highest BCUT2D eigenvalue weighted by molar-refractivity contribution is 6.34. The summed E-state index contributed by atoms with van der Waals surface area (Å²) in [6.45, 7) is 4.44. The Kier molecular flexibility index (Phi) is 5.69. The topological polar surface area (TPSA) is 41.1 Å². The maximum absolute atomic E-state index is 12.0. The van der Waals surface area contributed by atoms with Crippen molar-refractivity contribution >= 4 is 40.5 Å². The molecule has 1 amide bonds. The Labute approximate surface area is 140 Å². The first kappa shape index (κ1) is 16.7. The average Bonchev–Trinajstić information content (AvgIpc) is 2.45. The van der Waals surface area contributed by atoms with Crippen molar-refractivity contribution in [2.24, 2.45) is 0 Å². The van der Waals surface area contributed by atoms with Gasteiger partial charge in [-0.15, -0.1) is 0 Å². The van der Waals surface area contributed by atoms with Crippen molar-refractivity contribution in [1.82, 2.24) is 0 Å². The summed E-state index contributed by atoms with van der Waals surface area (Å²) < 4.78 is 0. The number of carbonyl (C=O) groups excluding carboxylic acids is 1. The minimum Gasteiger partial charge on any atom is -0.385 e. The number of rotatable bonds is 5. The lowest BCUT2D eigenvalue weighted by Gasteiger charge is -2.12. The number of anilines is 2. The third-order valence-electron chi connectivity index (χ3n) is 3.22. The zero-order valence-electron chi connectivity index (χ0n) is 12.5. The monoisotopic (exact) mass is 336 g/mol. The lowest BCUT2D eigenvalue weighted by molar-refractivity contribution is -0.115. The highest BCUT2D eigenvalue weighted by atomic mass is 35.5. The van der Waals surface area contributed by atoms with E-state index in [1.807, 2.05) is 38.1 Å². The Bertz CT molecular complexity index is 646. The standard InChI is InChI=1S/C17H18Cl2N2O/c1-11-9-12(2)17(15(19)10-11)21-16(22)7-8-20-14-5-3-13(18)4-6-14/h3-6,9-10,20H,7-8H2,1-2H3,(H,21,22). The lowest BCUT2D eigenvalue weighted by Crippen LogP contribution is -2.17. The van der Waals surface area contributed by atoms with Gasteiger partial charge in [0.1, 0.15) is 0 Å². The molecular formula is C17H18Cl2N2O. The first-order valence-electron chi connectivity index (χ1n) is 7.02. The second kappa shape index (κ2) is 7.52. The third-order valence-corrected chi connectivity index (χ3v) is 3.77. The summed E-state index contributed by atoms with van der Waals surface area (Å²) in [7, 11) is 0. The molecule has 2 aromatic rings. The van der Waals surface area contributed by atoms with Crippen LogP contribution in [0.5, 0.6) is 0 Å². The summed E-state index contributed by atoms with van der Waals surface area (Å²) in [4.78, 5) is 12.0. The number of nitrogens with one attached hydrogen (secondary N) is 2. The van der Waals surface area contributed by atoms with Gasteiger partial charge < -0.3 is 10.6 Å². The quantitative estimate of drug-likeness (QED) is 0.801. The SMILES string of the molecule is Cc1cc(C)c(NC(=O)CCNc2ccc(Cl)cc2)c(Cl)c1. The Morgan fingerprint density at radius 1 is 1.09 bits per heavy atom. The number of hydrogen-bond donors (Lipinski definition) is 2. The van der Waals surface area contributed by atoms with Gasteiger partial charge in [0.2, 0.25) is 5.91 Å². The van der Waals surface area contributed by atoms with E-state index in [4.69, 9.17) is 23.2 Å². The normalized spacial score (nSPS) is 10.4. The number of halogens is 2. The third kappa shape index (κ3) is 4.65. The van der Waals surface area contributed by atoms with Crippen molar-refractivity contribution in [3.63, 3.8) is 0 Å². The van der Waals surface area contributed by atoms with Gasteiger partial charge in [0.25, 0.3) is 0 Å². The Balaban J connectivity index is 1.87. The van der Waals surface area contributed by atoms with Crippen LogP contribution in [0.15, 0.2) is 36.4 Å². The fourth-order valence-electron chi connectivity index (χ4n) is 2.16. The van der Waals surface area contributed by atoms with E-state index in [9.17, 15) is 4.79 Å². The summed E-state index contributed by atoms with van der Waals surface area (Å²) >= 11 is 12.0. The molecule has 22 heavy (non-hydrogen) atoms. The summed E-state index contributed by atoms with van der Waals surface area (Å²) in [6.07, 6.45) is 0.353. The fraction of sp³-hybridized carbons (Fsp3) is 0.235. The minimum atomic E-state index is -0.0738. The Morgan fingerprint density at radius 3 is 2.41 bits per heavy atom. The number of amides is 1. The number of hydrogen-bond acceptors (Lipinski definition) is 2. The average molecular weight is 337 g/mol. The van der Waals surface area contributed by atoms with Gasteiger partial charge in [-0.25, -0.2) is 0 Å². The molecule has 0 saturated carbocycles. The highest BCUT2D eigenvalue weighted by Gasteiger charge is 2.09. The van der Waals surface area contributed by atoms with Crippen LogP contribution in [0.25, 0.3) is 0 Å². The van der Waals surface area contributed by atoms with Crippen molar-refractivity contribution in [1.29, 1.82) is 0 Å². The molecule has 3 nitrogen and oxygen atoms in total. The zero-order chi connectivity index (χ0) is 16.1. The molecule has 0 aromatic heterocycles. The lowest BCUT2D eigenvalue weighted by atomic mass is 10.1. The van der Waals surface area contributed by atoms with Gasteiger partial charge in [-0.1, -0.05) is 29.3 Å². The fourth-order valence-corrected chi connectivity index (χ4v) is 2.66. The second-order valence-corrected chi connectivity index (χ2v) is 6.01. The van der Waals surface area contributed by atoms with Crippen molar-refractivity contribution in [3.05, 3.63) is 57.6 Å². The molecule has 0 saturated heterocycles. The maximum atomic E-state index is 12.0. The van der Waals surface area contributed by atoms with Crippen LogP contribution in [0.3, 0.4) is 0 Å². The van der Waals surface area contributed by atoms with Gasteiger partial charge in [0.15, 0.2) is 0 Å². The van der Waals surface area contributed by atoms with E-state index in [0.29, 0.717) is 28.7 Å². The summed E-state index contributed by atoms with van der Waals surface area (Å²) in [6, 6.07) is 11.2. The van der Waals surface area contributed by atoms with E-state index in [0.717, 1.165) is 16.8 Å². The van der Waals surface area contributed by atoms with Crippen molar-refractivity contribution in [2.75, 3.05) is 17.2 Å². The molecule has 0 atom stereocenters. The molecule has 0 aliphatic heterocycles. The van der Waals surface area contributed by atoms with E-state index in [2.05, 4.69) is 10.6 Å². The van der Waals surface area contributed by atoms with Crippen molar-refractivity contribution in [2.45, 2.75) is 20.3 Å². The first-order chi connectivity index (χ1) is 10.5. The second-order valence-electron chi connectivity index (χ2n) is 5.17. The molecule has 116 valence electrons. The van der Waals surface area contributed by atoms with Gasteiger partial charge in [-0.3, -0.25) is 4.79 Å². The molecule has 2 rings (SSSR count). The van der Waals surface area contributed by atoms with E-state index >= 15 is 0 Å². The predicted molar refractivity (Wildman–Crippen MR) is 94.1 cm³/mol. The Morgan fingerprint density at radius 2 is 1.77 bits per heavy atom. The molecule has 0 unspecified atom stereocenters. The van der Waals surface area contributed by atoms with Crippen LogP contribution in [0.1, 0.15) is 17.5 Å². The van der Waals surface area contributed by atoms with Crippen LogP contribution in [-0.2, 0) is 4.79 Å². The van der Waals surface area contributed by atoms with Gasteiger partial charge in [0.05, 0.1) is 10.7 Å². The molecule has 0 spiro atoms. The van der Waals surface area contributed by atoms with Gasteiger partial charge in [-0.2, -0.15) is 0 Å². The van der Waals surface area contributed by atoms with E-state index in [1.165, 1.54) is 0 Å². The predicted octanol–water partition coefficient (Wildman–Crippen LogP) is 5.05.